The van der Waals surface area contributed by atoms with E-state index in [-0.39, 0.29) is 23.0 Å². The van der Waals surface area contributed by atoms with Crippen molar-refractivity contribution < 1.29 is 35.9 Å². The summed E-state index contributed by atoms with van der Waals surface area (Å²) in [5.74, 6) is -2.12. The van der Waals surface area contributed by atoms with Crippen molar-refractivity contribution >= 4 is 43.4 Å². The van der Waals surface area contributed by atoms with Gasteiger partial charge in [-0.05, 0) is 0 Å². The Morgan fingerprint density at radius 2 is 1.13 bits per heavy atom. The lowest BCUT2D eigenvalue weighted by Gasteiger charge is -2.23. The van der Waals surface area contributed by atoms with Gasteiger partial charge in [0.15, 0.2) is 19.7 Å². The molecular weight excluding hydrogens is 368 g/mol. The van der Waals surface area contributed by atoms with Gasteiger partial charge in [0.05, 0.1) is 33.5 Å². The Bertz CT molecular complexity index is 636. The van der Waals surface area contributed by atoms with Gasteiger partial charge in [-0.15, -0.1) is 11.8 Å². The first-order valence-corrected chi connectivity index (χ1v) is 11.5. The van der Waals surface area contributed by atoms with E-state index in [0.717, 1.165) is 11.8 Å². The van der Waals surface area contributed by atoms with Crippen molar-refractivity contribution in [3.8, 4) is 0 Å². The molecule has 2 fully saturated rings. The van der Waals surface area contributed by atoms with E-state index in [2.05, 4.69) is 0 Å². The third kappa shape index (κ3) is 5.08. The fourth-order valence-corrected chi connectivity index (χ4v) is 9.21. The summed E-state index contributed by atoms with van der Waals surface area (Å²) in [5, 5.41) is -1.14. The maximum Gasteiger partial charge on any atom is 0.302 e. The molecule has 2 aliphatic rings. The van der Waals surface area contributed by atoms with Crippen LogP contribution in [-0.4, -0.2) is 74.5 Å². The number of hydrogen-bond acceptors (Lipinski definition) is 9. The molecule has 0 saturated carbocycles. The molecule has 132 valence electrons. The SMILES string of the molecule is CC(=O)OC1CS(=O)(=O)CC1SC1CS(=O)(=O)CC1OC(C)=O. The van der Waals surface area contributed by atoms with Crippen LogP contribution in [0.3, 0.4) is 0 Å². The van der Waals surface area contributed by atoms with Crippen molar-refractivity contribution in [1.29, 1.82) is 0 Å². The highest BCUT2D eigenvalue weighted by Crippen LogP contribution is 2.36. The summed E-state index contributed by atoms with van der Waals surface area (Å²) in [6.45, 7) is 2.38. The first-order valence-electron chi connectivity index (χ1n) is 6.88. The molecule has 0 amide bonds. The van der Waals surface area contributed by atoms with E-state index < -0.39 is 54.3 Å². The Morgan fingerprint density at radius 3 is 1.43 bits per heavy atom. The molecule has 0 spiro atoms. The lowest BCUT2D eigenvalue weighted by Crippen LogP contribution is -2.33. The van der Waals surface area contributed by atoms with E-state index in [4.69, 9.17) is 9.47 Å². The maximum absolute atomic E-state index is 11.8. The van der Waals surface area contributed by atoms with Gasteiger partial charge >= 0.3 is 11.9 Å². The predicted molar refractivity (Wildman–Crippen MR) is 83.6 cm³/mol. The van der Waals surface area contributed by atoms with Crippen LogP contribution in [0, 0.1) is 0 Å². The van der Waals surface area contributed by atoms with Gasteiger partial charge in [0.25, 0.3) is 0 Å². The molecule has 4 unspecified atom stereocenters. The van der Waals surface area contributed by atoms with Crippen LogP contribution in [-0.2, 0) is 38.7 Å². The molecule has 11 heteroatoms. The van der Waals surface area contributed by atoms with Gasteiger partial charge in [-0.3, -0.25) is 9.59 Å². The third-order valence-electron chi connectivity index (χ3n) is 3.49. The number of hydrogen-bond donors (Lipinski definition) is 0. The topological polar surface area (TPSA) is 121 Å². The van der Waals surface area contributed by atoms with E-state index in [1.807, 2.05) is 0 Å². The summed E-state index contributed by atoms with van der Waals surface area (Å²) >= 11 is 1.11. The molecule has 2 rings (SSSR count). The van der Waals surface area contributed by atoms with E-state index in [0.29, 0.717) is 0 Å². The zero-order chi connectivity index (χ0) is 17.4. The van der Waals surface area contributed by atoms with Crippen LogP contribution in [0.2, 0.25) is 0 Å². The van der Waals surface area contributed by atoms with Crippen molar-refractivity contribution in [2.75, 3.05) is 23.0 Å². The van der Waals surface area contributed by atoms with Crippen LogP contribution in [0.15, 0.2) is 0 Å². The van der Waals surface area contributed by atoms with Gasteiger partial charge in [0, 0.05) is 13.8 Å². The van der Waals surface area contributed by atoms with Gasteiger partial charge in [0.2, 0.25) is 0 Å². The maximum atomic E-state index is 11.8. The molecule has 0 aromatic carbocycles. The van der Waals surface area contributed by atoms with Crippen molar-refractivity contribution in [3.63, 3.8) is 0 Å². The van der Waals surface area contributed by atoms with Crippen molar-refractivity contribution in [2.45, 2.75) is 36.6 Å². The second kappa shape index (κ2) is 6.60. The van der Waals surface area contributed by atoms with Crippen molar-refractivity contribution in [3.05, 3.63) is 0 Å². The van der Waals surface area contributed by atoms with Crippen LogP contribution < -0.4 is 0 Å². The minimum Gasteiger partial charge on any atom is -0.460 e. The Morgan fingerprint density at radius 1 is 0.783 bits per heavy atom. The van der Waals surface area contributed by atoms with Crippen molar-refractivity contribution in [1.82, 2.24) is 0 Å². The molecule has 2 aliphatic heterocycles. The number of carbonyl (C=O) groups is 2. The Balaban J connectivity index is 2.14. The van der Waals surface area contributed by atoms with Crippen LogP contribution in [0.4, 0.5) is 0 Å². The third-order valence-corrected chi connectivity index (χ3v) is 8.95. The molecule has 0 radical (unpaired) electrons. The highest BCUT2D eigenvalue weighted by Gasteiger charge is 2.47. The second-order valence-corrected chi connectivity index (χ2v) is 11.5. The van der Waals surface area contributed by atoms with Crippen LogP contribution >= 0.6 is 11.8 Å². The minimum absolute atomic E-state index is 0.195. The fraction of sp³-hybridized carbons (Fsp3) is 0.833. The van der Waals surface area contributed by atoms with E-state index in [1.165, 1.54) is 13.8 Å². The molecule has 23 heavy (non-hydrogen) atoms. The summed E-state index contributed by atoms with van der Waals surface area (Å²) in [6, 6.07) is 0. The molecule has 0 aromatic heterocycles. The molecule has 0 aliphatic carbocycles. The molecular formula is C12H18O8S3. The van der Waals surface area contributed by atoms with Crippen LogP contribution in [0.5, 0.6) is 0 Å². The average molecular weight is 386 g/mol. The van der Waals surface area contributed by atoms with E-state index in [9.17, 15) is 26.4 Å². The Hall–Kier alpha value is -0.810. The smallest absolute Gasteiger partial charge is 0.302 e. The van der Waals surface area contributed by atoms with E-state index in [1.54, 1.807) is 0 Å². The number of sulfone groups is 2. The number of ether oxygens (including phenoxy) is 2. The summed E-state index contributed by atoms with van der Waals surface area (Å²) in [7, 11) is -6.71. The van der Waals surface area contributed by atoms with Gasteiger partial charge < -0.3 is 9.47 Å². The summed E-state index contributed by atoms with van der Waals surface area (Å²) in [4.78, 5) is 22.2. The van der Waals surface area contributed by atoms with Gasteiger partial charge in [-0.1, -0.05) is 0 Å². The van der Waals surface area contributed by atoms with Gasteiger partial charge in [-0.25, -0.2) is 16.8 Å². The lowest BCUT2D eigenvalue weighted by molar-refractivity contribution is -0.145. The first-order chi connectivity index (χ1) is 10.5. The van der Waals surface area contributed by atoms with E-state index >= 15 is 0 Å². The summed E-state index contributed by atoms with van der Waals surface area (Å²) < 4.78 is 57.2. The molecule has 2 saturated heterocycles. The monoisotopic (exact) mass is 386 g/mol. The van der Waals surface area contributed by atoms with Crippen LogP contribution in [0.1, 0.15) is 13.8 Å². The molecule has 0 bridgehead atoms. The highest BCUT2D eigenvalue weighted by molar-refractivity contribution is 8.03. The minimum atomic E-state index is -3.36. The van der Waals surface area contributed by atoms with Crippen LogP contribution in [0.25, 0.3) is 0 Å². The number of thioether (sulfide) groups is 1. The largest absolute Gasteiger partial charge is 0.460 e. The Labute approximate surface area is 139 Å². The Kier molecular flexibility index (Phi) is 5.31. The molecule has 0 N–H and O–H groups in total. The molecule has 2 heterocycles. The molecule has 4 atom stereocenters. The number of rotatable bonds is 4. The van der Waals surface area contributed by atoms with Gasteiger partial charge in [-0.2, -0.15) is 0 Å². The number of carbonyl (C=O) groups excluding carboxylic acids is 2. The fourth-order valence-electron chi connectivity index (χ4n) is 2.69. The molecule has 8 nitrogen and oxygen atoms in total. The van der Waals surface area contributed by atoms with Gasteiger partial charge in [0.1, 0.15) is 12.2 Å². The predicted octanol–water partition coefficient (Wildman–Crippen LogP) is -0.823. The highest BCUT2D eigenvalue weighted by atomic mass is 32.2. The van der Waals surface area contributed by atoms with Crippen molar-refractivity contribution in [2.24, 2.45) is 0 Å². The molecule has 0 aromatic rings. The second-order valence-electron chi connectivity index (χ2n) is 5.66. The lowest BCUT2D eigenvalue weighted by atomic mass is 10.3. The zero-order valence-electron chi connectivity index (χ0n) is 12.6. The summed E-state index contributed by atoms with van der Waals surface area (Å²) in [5.41, 5.74) is 0. The normalized spacial score (nSPS) is 34.9. The standard InChI is InChI=1S/C12H18O8S3/c1-7(13)19-9-3-22(15,16)5-11(9)21-12-6-23(17,18)4-10(12)20-8(2)14/h9-12H,3-6H2,1-2H3. The first kappa shape index (κ1) is 18.5. The quantitative estimate of drug-likeness (QED) is 0.570. The number of esters is 2. The average Bonchev–Trinajstić information content (AvgIpc) is 2.74. The zero-order valence-corrected chi connectivity index (χ0v) is 15.1. The summed E-state index contributed by atoms with van der Waals surface area (Å²) in [6.07, 6.45) is -1.63.